The number of nitrogens with one attached hydrogen (secondary N) is 1. The Kier molecular flexibility index (Phi) is 7.12. The van der Waals surface area contributed by atoms with Crippen LogP contribution in [0.2, 0.25) is 5.02 Å². The lowest BCUT2D eigenvalue weighted by atomic mass is 10.2. The number of carbonyl (C=O) groups excluding carboxylic acids is 1. The highest BCUT2D eigenvalue weighted by Crippen LogP contribution is 2.25. The second-order valence-electron chi connectivity index (χ2n) is 6.35. The molecule has 7 heteroatoms. The molecule has 1 heterocycles. The van der Waals surface area contributed by atoms with Crippen LogP contribution >= 0.6 is 23.4 Å². The number of fused-ring (bicyclic) bond motifs is 1. The summed E-state index contributed by atoms with van der Waals surface area (Å²) >= 11 is 7.57. The van der Waals surface area contributed by atoms with Crippen molar-refractivity contribution in [3.8, 4) is 5.69 Å². The van der Waals surface area contributed by atoms with Gasteiger partial charge in [0.1, 0.15) is 0 Å². The number of hydrogen-bond donors (Lipinski definition) is 1. The summed E-state index contributed by atoms with van der Waals surface area (Å²) in [5.41, 5.74) is 0.949. The van der Waals surface area contributed by atoms with Crippen LogP contribution in [-0.2, 0) is 4.79 Å². The Hall–Kier alpha value is -2.31. The van der Waals surface area contributed by atoms with E-state index in [1.54, 1.807) is 30.3 Å². The number of nitrogens with zero attached hydrogens (tertiary/aromatic N) is 2. The van der Waals surface area contributed by atoms with Crippen molar-refractivity contribution in [3.05, 3.63) is 63.9 Å². The van der Waals surface area contributed by atoms with Crippen molar-refractivity contribution >= 4 is 40.2 Å². The molecule has 3 aromatic rings. The molecular weight excluding hydrogens is 394 g/mol. The number of thioether (sulfide) groups is 1. The molecule has 0 saturated heterocycles. The standard InChI is InChI=1S/C21H22ClN3O2S/c1-2-3-8-13-23-19(26)14-28-21-24-17-11-6-4-9-15(17)20(27)25(21)18-12-7-5-10-16(18)22/h4-7,9-12H,2-3,8,13-14H2,1H3,(H,23,26). The van der Waals surface area contributed by atoms with Gasteiger partial charge in [-0.3, -0.25) is 14.2 Å². The quantitative estimate of drug-likeness (QED) is 0.335. The molecule has 0 radical (unpaired) electrons. The number of halogens is 1. The Morgan fingerprint density at radius 1 is 1.14 bits per heavy atom. The Bertz CT molecular complexity index is 1040. The number of rotatable bonds is 8. The molecule has 1 N–H and O–H groups in total. The summed E-state index contributed by atoms with van der Waals surface area (Å²) in [4.78, 5) is 29.9. The molecule has 146 valence electrons. The first kappa shape index (κ1) is 20.4. The van der Waals surface area contributed by atoms with E-state index in [0.29, 0.717) is 33.3 Å². The van der Waals surface area contributed by atoms with Crippen LogP contribution in [0.25, 0.3) is 16.6 Å². The number of para-hydroxylation sites is 2. The Labute approximate surface area is 173 Å². The number of hydrogen-bond acceptors (Lipinski definition) is 4. The molecule has 2 aromatic carbocycles. The highest BCUT2D eigenvalue weighted by atomic mass is 35.5. The van der Waals surface area contributed by atoms with Crippen LogP contribution < -0.4 is 10.9 Å². The van der Waals surface area contributed by atoms with E-state index in [0.717, 1.165) is 19.3 Å². The highest BCUT2D eigenvalue weighted by Gasteiger charge is 2.16. The zero-order valence-corrected chi connectivity index (χ0v) is 17.2. The normalized spacial score (nSPS) is 10.9. The average Bonchev–Trinajstić information content (AvgIpc) is 2.71. The fraction of sp³-hybridized carbons (Fsp3) is 0.286. The number of benzene rings is 2. The van der Waals surface area contributed by atoms with Crippen LogP contribution in [0, 0.1) is 0 Å². The van der Waals surface area contributed by atoms with Gasteiger partial charge in [-0.05, 0) is 30.7 Å². The maximum atomic E-state index is 13.1. The van der Waals surface area contributed by atoms with Gasteiger partial charge in [-0.25, -0.2) is 4.98 Å². The zero-order chi connectivity index (χ0) is 19.9. The molecule has 0 fully saturated rings. The van der Waals surface area contributed by atoms with Crippen LogP contribution in [0.3, 0.4) is 0 Å². The van der Waals surface area contributed by atoms with Gasteiger partial charge in [0, 0.05) is 6.54 Å². The predicted octanol–water partition coefficient (Wildman–Crippen LogP) is 4.44. The van der Waals surface area contributed by atoms with Crippen molar-refractivity contribution in [1.82, 2.24) is 14.9 Å². The third kappa shape index (κ3) is 4.75. The molecule has 0 aliphatic heterocycles. The minimum absolute atomic E-state index is 0.0748. The molecule has 3 rings (SSSR count). The molecule has 28 heavy (non-hydrogen) atoms. The fourth-order valence-corrected chi connectivity index (χ4v) is 3.89. The fourth-order valence-electron chi connectivity index (χ4n) is 2.84. The monoisotopic (exact) mass is 415 g/mol. The second kappa shape index (κ2) is 9.75. The van der Waals surface area contributed by atoms with Crippen molar-refractivity contribution in [1.29, 1.82) is 0 Å². The molecule has 0 spiro atoms. The van der Waals surface area contributed by atoms with E-state index in [2.05, 4.69) is 17.2 Å². The van der Waals surface area contributed by atoms with Gasteiger partial charge in [-0.2, -0.15) is 0 Å². The Morgan fingerprint density at radius 2 is 1.89 bits per heavy atom. The van der Waals surface area contributed by atoms with Crippen LogP contribution in [0.15, 0.2) is 58.5 Å². The van der Waals surface area contributed by atoms with Crippen LogP contribution in [0.1, 0.15) is 26.2 Å². The first-order chi connectivity index (χ1) is 13.6. The number of carbonyl (C=O) groups is 1. The topological polar surface area (TPSA) is 64.0 Å². The van der Waals surface area contributed by atoms with Crippen molar-refractivity contribution in [3.63, 3.8) is 0 Å². The number of aromatic nitrogens is 2. The third-order valence-corrected chi connectivity index (χ3v) is 5.53. The van der Waals surface area contributed by atoms with E-state index in [1.165, 1.54) is 16.3 Å². The molecule has 0 bridgehead atoms. The Balaban J connectivity index is 1.92. The van der Waals surface area contributed by atoms with E-state index in [4.69, 9.17) is 11.6 Å². The number of unbranched alkanes of at least 4 members (excludes halogenated alkanes) is 2. The highest BCUT2D eigenvalue weighted by molar-refractivity contribution is 7.99. The second-order valence-corrected chi connectivity index (χ2v) is 7.70. The van der Waals surface area contributed by atoms with Gasteiger partial charge in [-0.1, -0.05) is 67.4 Å². The van der Waals surface area contributed by atoms with Gasteiger partial charge in [-0.15, -0.1) is 0 Å². The summed E-state index contributed by atoms with van der Waals surface area (Å²) < 4.78 is 1.49. The van der Waals surface area contributed by atoms with E-state index in [9.17, 15) is 9.59 Å². The van der Waals surface area contributed by atoms with Crippen LogP contribution in [0.5, 0.6) is 0 Å². The largest absolute Gasteiger partial charge is 0.355 e. The zero-order valence-electron chi connectivity index (χ0n) is 15.7. The molecule has 5 nitrogen and oxygen atoms in total. The average molecular weight is 416 g/mol. The molecule has 1 aromatic heterocycles. The maximum absolute atomic E-state index is 13.1. The summed E-state index contributed by atoms with van der Waals surface area (Å²) in [7, 11) is 0. The smallest absolute Gasteiger partial charge is 0.266 e. The molecule has 0 aliphatic carbocycles. The summed E-state index contributed by atoms with van der Waals surface area (Å²) in [5, 5.41) is 4.32. The first-order valence-corrected chi connectivity index (χ1v) is 10.6. The van der Waals surface area contributed by atoms with Gasteiger partial charge >= 0.3 is 0 Å². The van der Waals surface area contributed by atoms with Gasteiger partial charge in [0.2, 0.25) is 5.91 Å². The predicted molar refractivity (Wildman–Crippen MR) is 116 cm³/mol. The number of amides is 1. The van der Waals surface area contributed by atoms with Crippen molar-refractivity contribution in [2.24, 2.45) is 0 Å². The van der Waals surface area contributed by atoms with E-state index in [-0.39, 0.29) is 17.2 Å². The molecule has 1 amide bonds. The lowest BCUT2D eigenvalue weighted by Crippen LogP contribution is -2.27. The van der Waals surface area contributed by atoms with Gasteiger partial charge in [0.15, 0.2) is 5.16 Å². The summed E-state index contributed by atoms with van der Waals surface area (Å²) in [5.74, 6) is 0.107. The third-order valence-electron chi connectivity index (χ3n) is 4.27. The molecule has 0 saturated carbocycles. The minimum atomic E-state index is -0.204. The first-order valence-electron chi connectivity index (χ1n) is 9.28. The van der Waals surface area contributed by atoms with Crippen molar-refractivity contribution in [2.75, 3.05) is 12.3 Å². The lowest BCUT2D eigenvalue weighted by Gasteiger charge is -2.14. The van der Waals surface area contributed by atoms with Crippen LogP contribution in [0.4, 0.5) is 0 Å². The molecule has 0 unspecified atom stereocenters. The van der Waals surface area contributed by atoms with Gasteiger partial charge < -0.3 is 5.32 Å². The lowest BCUT2D eigenvalue weighted by molar-refractivity contribution is -0.118. The van der Waals surface area contributed by atoms with E-state index < -0.39 is 0 Å². The van der Waals surface area contributed by atoms with Gasteiger partial charge in [0.25, 0.3) is 5.56 Å². The summed E-state index contributed by atoms with van der Waals surface area (Å²) in [6.45, 7) is 2.78. The van der Waals surface area contributed by atoms with Gasteiger partial charge in [0.05, 0.1) is 27.4 Å². The van der Waals surface area contributed by atoms with E-state index >= 15 is 0 Å². The van der Waals surface area contributed by atoms with Crippen molar-refractivity contribution in [2.45, 2.75) is 31.3 Å². The summed E-state index contributed by atoms with van der Waals surface area (Å²) in [6.07, 6.45) is 3.16. The SMILES string of the molecule is CCCCCNC(=O)CSc1nc2ccccc2c(=O)n1-c1ccccc1Cl. The van der Waals surface area contributed by atoms with E-state index in [1.807, 2.05) is 18.2 Å². The minimum Gasteiger partial charge on any atom is -0.355 e. The molecule has 0 aliphatic rings. The summed E-state index contributed by atoms with van der Waals surface area (Å²) in [6, 6.07) is 14.3. The van der Waals surface area contributed by atoms with Crippen molar-refractivity contribution < 1.29 is 4.79 Å². The Morgan fingerprint density at radius 3 is 2.68 bits per heavy atom. The van der Waals surface area contributed by atoms with Crippen LogP contribution in [-0.4, -0.2) is 27.8 Å². The molecular formula is C21H22ClN3O2S. The maximum Gasteiger partial charge on any atom is 0.266 e. The molecule has 0 atom stereocenters.